The molecule has 214 valence electrons. The molecule has 1 aliphatic rings. The zero-order chi connectivity index (χ0) is 30.0. The number of hydrogen-bond donors (Lipinski definition) is 0. The predicted molar refractivity (Wildman–Crippen MR) is 160 cm³/mol. The number of fused-ring (bicyclic) bond motifs is 1. The molecule has 11 heteroatoms. The van der Waals surface area contributed by atoms with E-state index in [-0.39, 0.29) is 17.9 Å². The third kappa shape index (κ3) is 5.77. The summed E-state index contributed by atoms with van der Waals surface area (Å²) in [6.45, 7) is 5.40. The molecular weight excluding hydrogens is 578 g/mol. The smallest absolute Gasteiger partial charge is 0.338 e. The number of esters is 1. The topological polar surface area (TPSA) is 113 Å². The number of carbonyl (C=O) groups excluding carboxylic acids is 1. The normalized spacial score (nSPS) is 14.8. The van der Waals surface area contributed by atoms with Crippen LogP contribution in [0.5, 0.6) is 5.75 Å². The van der Waals surface area contributed by atoms with E-state index >= 15 is 0 Å². The van der Waals surface area contributed by atoms with Crippen LogP contribution < -0.4 is 19.6 Å². The number of hydrogen-bond acceptors (Lipinski definition) is 8. The fourth-order valence-corrected chi connectivity index (χ4v) is 5.88. The number of aryl methyl sites for hydroxylation is 1. The Bertz CT molecular complexity index is 1910. The molecule has 0 N–H and O–H groups in total. The van der Waals surface area contributed by atoms with Gasteiger partial charge in [0.05, 0.1) is 33.4 Å². The molecular formula is C31H26ClN3O6S. The van der Waals surface area contributed by atoms with Crippen molar-refractivity contribution in [1.82, 2.24) is 4.57 Å². The SMILES string of the molecule is CCOC(=O)C1=C(C)N=c2s/c(=C/c3ccccc3OCc3ccc(Cl)cc3)c(=O)n2[C@H]1c1ccc(C)c([N+](=O)[O-])c1. The molecule has 0 fully saturated rings. The van der Waals surface area contributed by atoms with Crippen molar-refractivity contribution in [3.8, 4) is 5.75 Å². The molecule has 0 spiro atoms. The summed E-state index contributed by atoms with van der Waals surface area (Å²) in [5.74, 6) is -0.0606. The molecule has 0 amide bonds. The highest BCUT2D eigenvalue weighted by Crippen LogP contribution is 2.33. The molecule has 0 unspecified atom stereocenters. The number of para-hydroxylation sites is 1. The standard InChI is InChI=1S/C31H26ClN3O6S/c1-4-40-30(37)27-19(3)33-31-34(28(27)22-12-9-18(2)24(15-22)35(38)39)29(36)26(42-31)16-21-7-5-6-8-25(21)41-17-20-10-13-23(32)14-11-20/h5-16,28H,4,17H2,1-3H3/b26-16+/t28-/m0/s1. The summed E-state index contributed by atoms with van der Waals surface area (Å²) in [5.41, 5.74) is 2.51. The number of nitrogens with zero attached hydrogens (tertiary/aromatic N) is 3. The van der Waals surface area contributed by atoms with E-state index in [2.05, 4.69) is 4.99 Å². The molecule has 4 aromatic rings. The number of ether oxygens (including phenoxy) is 2. The van der Waals surface area contributed by atoms with Gasteiger partial charge in [0.15, 0.2) is 4.80 Å². The van der Waals surface area contributed by atoms with Gasteiger partial charge < -0.3 is 9.47 Å². The van der Waals surface area contributed by atoms with Gasteiger partial charge in [-0.3, -0.25) is 19.5 Å². The minimum absolute atomic E-state index is 0.112. The lowest BCUT2D eigenvalue weighted by atomic mass is 9.94. The van der Waals surface area contributed by atoms with E-state index in [9.17, 15) is 19.7 Å². The van der Waals surface area contributed by atoms with Gasteiger partial charge >= 0.3 is 5.97 Å². The van der Waals surface area contributed by atoms with Crippen molar-refractivity contribution in [3.63, 3.8) is 0 Å². The Kier molecular flexibility index (Phi) is 8.37. The van der Waals surface area contributed by atoms with E-state index in [4.69, 9.17) is 21.1 Å². The highest BCUT2D eigenvalue weighted by Gasteiger charge is 2.34. The average molecular weight is 604 g/mol. The van der Waals surface area contributed by atoms with Crippen LogP contribution in [-0.4, -0.2) is 22.1 Å². The van der Waals surface area contributed by atoms with E-state index in [1.807, 2.05) is 36.4 Å². The first-order valence-electron chi connectivity index (χ1n) is 13.1. The molecule has 5 rings (SSSR count). The molecule has 0 bridgehead atoms. The van der Waals surface area contributed by atoms with Crippen molar-refractivity contribution < 1.29 is 19.2 Å². The summed E-state index contributed by atoms with van der Waals surface area (Å²) in [4.78, 5) is 43.3. The summed E-state index contributed by atoms with van der Waals surface area (Å²) in [5, 5.41) is 12.4. The van der Waals surface area contributed by atoms with Crippen molar-refractivity contribution in [3.05, 3.63) is 135 Å². The Morgan fingerprint density at radius 2 is 1.88 bits per heavy atom. The van der Waals surface area contributed by atoms with Crippen LogP contribution in [0.25, 0.3) is 6.08 Å². The van der Waals surface area contributed by atoms with Crippen molar-refractivity contribution in [2.75, 3.05) is 6.61 Å². The second kappa shape index (κ2) is 12.1. The van der Waals surface area contributed by atoms with Crippen LogP contribution >= 0.6 is 22.9 Å². The van der Waals surface area contributed by atoms with E-state index in [1.54, 1.807) is 51.1 Å². The third-order valence-electron chi connectivity index (χ3n) is 6.78. The Balaban J connectivity index is 1.63. The zero-order valence-electron chi connectivity index (χ0n) is 23.0. The van der Waals surface area contributed by atoms with Crippen molar-refractivity contribution >= 4 is 40.7 Å². The van der Waals surface area contributed by atoms with Gasteiger partial charge in [0.25, 0.3) is 11.2 Å². The van der Waals surface area contributed by atoms with E-state index in [0.717, 1.165) is 16.9 Å². The molecule has 42 heavy (non-hydrogen) atoms. The number of nitro benzene ring substituents is 1. The predicted octanol–water partition coefficient (Wildman–Crippen LogP) is 5.25. The number of allylic oxidation sites excluding steroid dienone is 1. The number of halogens is 1. The maximum Gasteiger partial charge on any atom is 0.338 e. The number of aromatic nitrogens is 1. The van der Waals surface area contributed by atoms with Gasteiger partial charge in [-0.15, -0.1) is 0 Å². The van der Waals surface area contributed by atoms with Crippen LogP contribution in [-0.2, 0) is 16.1 Å². The lowest BCUT2D eigenvalue weighted by Crippen LogP contribution is -2.40. The lowest BCUT2D eigenvalue weighted by Gasteiger charge is -2.24. The Morgan fingerprint density at radius 1 is 1.14 bits per heavy atom. The second-order valence-corrected chi connectivity index (χ2v) is 11.0. The van der Waals surface area contributed by atoms with Crippen molar-refractivity contribution in [2.24, 2.45) is 4.99 Å². The molecule has 1 atom stereocenters. The van der Waals surface area contributed by atoms with Crippen molar-refractivity contribution in [2.45, 2.75) is 33.4 Å². The van der Waals surface area contributed by atoms with Gasteiger partial charge in [-0.1, -0.05) is 65.4 Å². The average Bonchev–Trinajstić information content (AvgIpc) is 3.26. The van der Waals surface area contributed by atoms with Gasteiger partial charge in [-0.25, -0.2) is 9.79 Å². The molecule has 0 saturated carbocycles. The lowest BCUT2D eigenvalue weighted by molar-refractivity contribution is -0.385. The molecule has 2 heterocycles. The molecule has 0 radical (unpaired) electrons. The van der Waals surface area contributed by atoms with Gasteiger partial charge in [0, 0.05) is 22.2 Å². The van der Waals surface area contributed by atoms with Crippen LogP contribution in [0.1, 0.15) is 42.1 Å². The van der Waals surface area contributed by atoms with Gasteiger partial charge in [-0.05, 0) is 56.2 Å². The fraction of sp³-hybridized carbons (Fsp3) is 0.194. The minimum Gasteiger partial charge on any atom is -0.488 e. The number of nitro groups is 1. The molecule has 1 aliphatic heterocycles. The van der Waals surface area contributed by atoms with E-state index in [1.165, 1.54) is 10.6 Å². The summed E-state index contributed by atoms with van der Waals surface area (Å²) in [6.07, 6.45) is 1.72. The first-order valence-corrected chi connectivity index (χ1v) is 14.3. The quantitative estimate of drug-likeness (QED) is 0.154. The monoisotopic (exact) mass is 603 g/mol. The van der Waals surface area contributed by atoms with Gasteiger partial charge in [-0.2, -0.15) is 0 Å². The first-order chi connectivity index (χ1) is 20.2. The third-order valence-corrected chi connectivity index (χ3v) is 8.01. The number of benzene rings is 3. The molecule has 1 aromatic heterocycles. The van der Waals surface area contributed by atoms with Gasteiger partial charge in [0.1, 0.15) is 12.4 Å². The summed E-state index contributed by atoms with van der Waals surface area (Å²) >= 11 is 7.15. The maximum atomic E-state index is 14.0. The maximum absolute atomic E-state index is 14.0. The summed E-state index contributed by atoms with van der Waals surface area (Å²) in [6, 6.07) is 18.4. The molecule has 0 aliphatic carbocycles. The second-order valence-electron chi connectivity index (χ2n) is 9.56. The van der Waals surface area contributed by atoms with Crippen LogP contribution in [0.15, 0.2) is 87.8 Å². The molecule has 3 aromatic carbocycles. The first kappa shape index (κ1) is 29.0. The van der Waals surface area contributed by atoms with Crippen LogP contribution in [0.2, 0.25) is 5.02 Å². The van der Waals surface area contributed by atoms with Crippen molar-refractivity contribution in [1.29, 1.82) is 0 Å². The van der Waals surface area contributed by atoms with E-state index < -0.39 is 22.5 Å². The number of carbonyl (C=O) groups is 1. The highest BCUT2D eigenvalue weighted by molar-refractivity contribution is 7.07. The van der Waals surface area contributed by atoms with Crippen LogP contribution in [0.4, 0.5) is 5.69 Å². The Labute approximate surface area is 249 Å². The summed E-state index contributed by atoms with van der Waals surface area (Å²) < 4.78 is 13.2. The summed E-state index contributed by atoms with van der Waals surface area (Å²) in [7, 11) is 0. The molecule has 9 nitrogen and oxygen atoms in total. The Morgan fingerprint density at radius 3 is 2.60 bits per heavy atom. The van der Waals surface area contributed by atoms with Gasteiger partial charge in [0.2, 0.25) is 0 Å². The zero-order valence-corrected chi connectivity index (χ0v) is 24.6. The Hall–Kier alpha value is -4.54. The minimum atomic E-state index is -0.960. The number of rotatable bonds is 8. The fourth-order valence-electron chi connectivity index (χ4n) is 4.71. The van der Waals surface area contributed by atoms with Crippen LogP contribution in [0, 0.1) is 17.0 Å². The molecule has 0 saturated heterocycles. The van der Waals surface area contributed by atoms with Crippen LogP contribution in [0.3, 0.4) is 0 Å². The van der Waals surface area contributed by atoms with E-state index in [0.29, 0.717) is 49.1 Å². The number of thiazole rings is 1. The largest absolute Gasteiger partial charge is 0.488 e. The highest BCUT2D eigenvalue weighted by atomic mass is 35.5.